The molecule has 4 rings (SSSR count). The second-order valence-electron chi connectivity index (χ2n) is 7.21. The molecule has 10 heteroatoms. The number of phenolic OH excluding ortho intramolecular Hbond substituents is 1. The van der Waals surface area contributed by atoms with Crippen LogP contribution in [-0.4, -0.2) is 41.0 Å². The van der Waals surface area contributed by atoms with Crippen LogP contribution in [0.3, 0.4) is 0 Å². The van der Waals surface area contributed by atoms with Crippen molar-refractivity contribution in [1.29, 1.82) is 0 Å². The van der Waals surface area contributed by atoms with Crippen LogP contribution in [0, 0.1) is 6.92 Å². The van der Waals surface area contributed by atoms with E-state index in [-0.39, 0.29) is 24.8 Å². The molecule has 0 spiro atoms. The Bertz CT molecular complexity index is 850. The van der Waals surface area contributed by atoms with Crippen molar-refractivity contribution in [1.82, 2.24) is 15.5 Å². The standard InChI is InChI=1S/C19H21F3N4O.2ClH/c1-11-7-13(19(20,21)22)9-16(27)17(11)15-8-12-4-6-26(18(12)25-24-15)14-3-2-5-23-10-14;;/h7-9,14,23,27H,2-6,10H2,1H3;2*1H/t14-;;/m1../s1. The Balaban J connectivity index is 0.00000150. The van der Waals surface area contributed by atoms with Gasteiger partial charge in [-0.05, 0) is 56.5 Å². The van der Waals surface area contributed by atoms with Gasteiger partial charge in [-0.1, -0.05) is 0 Å². The number of piperidine rings is 1. The fraction of sp³-hybridized carbons (Fsp3) is 0.474. The average molecular weight is 451 g/mol. The second-order valence-corrected chi connectivity index (χ2v) is 7.21. The number of hydrogen-bond donors (Lipinski definition) is 2. The Kier molecular flexibility index (Phi) is 7.24. The lowest BCUT2D eigenvalue weighted by Gasteiger charge is -2.32. The summed E-state index contributed by atoms with van der Waals surface area (Å²) < 4.78 is 38.8. The van der Waals surface area contributed by atoms with E-state index in [0.29, 0.717) is 22.9 Å². The van der Waals surface area contributed by atoms with Gasteiger partial charge in [-0.25, -0.2) is 0 Å². The normalized spacial score (nSPS) is 18.6. The second kappa shape index (κ2) is 8.93. The predicted molar refractivity (Wildman–Crippen MR) is 110 cm³/mol. The minimum atomic E-state index is -4.50. The van der Waals surface area contributed by atoms with Gasteiger partial charge in [0.2, 0.25) is 0 Å². The van der Waals surface area contributed by atoms with Gasteiger partial charge in [-0.3, -0.25) is 0 Å². The summed E-state index contributed by atoms with van der Waals surface area (Å²) in [5, 5.41) is 22.2. The SMILES string of the molecule is Cc1cc(C(F)(F)F)cc(O)c1-c1cc2c(nn1)N([C@@H]1CCCNC1)CC2.Cl.Cl. The van der Waals surface area contributed by atoms with E-state index in [2.05, 4.69) is 20.4 Å². The lowest BCUT2D eigenvalue weighted by Crippen LogP contribution is -2.45. The molecule has 1 aromatic heterocycles. The predicted octanol–water partition coefficient (Wildman–Crippen LogP) is 4.13. The van der Waals surface area contributed by atoms with Crippen molar-refractivity contribution in [2.75, 3.05) is 24.5 Å². The van der Waals surface area contributed by atoms with Crippen LogP contribution in [-0.2, 0) is 12.6 Å². The van der Waals surface area contributed by atoms with E-state index < -0.39 is 17.5 Å². The summed E-state index contributed by atoms with van der Waals surface area (Å²) >= 11 is 0. The smallest absolute Gasteiger partial charge is 0.416 e. The van der Waals surface area contributed by atoms with Crippen LogP contribution in [0.1, 0.15) is 29.5 Å². The highest BCUT2D eigenvalue weighted by atomic mass is 35.5. The molecule has 2 aliphatic heterocycles. The maximum Gasteiger partial charge on any atom is 0.416 e. The fourth-order valence-corrected chi connectivity index (χ4v) is 4.04. The number of aromatic nitrogens is 2. The van der Waals surface area contributed by atoms with E-state index in [1.165, 1.54) is 0 Å². The number of nitrogens with zero attached hydrogens (tertiary/aromatic N) is 3. The van der Waals surface area contributed by atoms with Crippen LogP contribution in [0.5, 0.6) is 5.75 Å². The van der Waals surface area contributed by atoms with Gasteiger partial charge in [-0.2, -0.15) is 13.2 Å². The molecular formula is C19H23Cl2F3N4O. The van der Waals surface area contributed by atoms with Crippen LogP contribution in [0.2, 0.25) is 0 Å². The zero-order valence-corrected chi connectivity index (χ0v) is 17.4. The molecule has 0 bridgehead atoms. The first-order valence-corrected chi connectivity index (χ1v) is 9.10. The highest BCUT2D eigenvalue weighted by Gasteiger charge is 2.33. The molecule has 1 aromatic carbocycles. The lowest BCUT2D eigenvalue weighted by atomic mass is 9.99. The lowest BCUT2D eigenvalue weighted by molar-refractivity contribution is -0.137. The van der Waals surface area contributed by atoms with Crippen molar-refractivity contribution in [2.24, 2.45) is 0 Å². The van der Waals surface area contributed by atoms with E-state index in [1.54, 1.807) is 6.92 Å². The number of fused-ring (bicyclic) bond motifs is 1. The van der Waals surface area contributed by atoms with Crippen LogP contribution in [0.4, 0.5) is 19.0 Å². The first-order chi connectivity index (χ1) is 12.8. The van der Waals surface area contributed by atoms with Crippen molar-refractivity contribution in [2.45, 2.75) is 38.4 Å². The van der Waals surface area contributed by atoms with Crippen molar-refractivity contribution < 1.29 is 18.3 Å². The van der Waals surface area contributed by atoms with E-state index in [0.717, 1.165) is 62.4 Å². The van der Waals surface area contributed by atoms with Gasteiger partial charge >= 0.3 is 6.18 Å². The van der Waals surface area contributed by atoms with Gasteiger partial charge in [0.15, 0.2) is 5.82 Å². The number of alkyl halides is 3. The zero-order chi connectivity index (χ0) is 19.2. The van der Waals surface area contributed by atoms with Crippen molar-refractivity contribution in [3.8, 4) is 17.0 Å². The minimum Gasteiger partial charge on any atom is -0.507 e. The molecule has 160 valence electrons. The van der Waals surface area contributed by atoms with Gasteiger partial charge in [0.1, 0.15) is 5.75 Å². The Labute approximate surface area is 179 Å². The first-order valence-electron chi connectivity index (χ1n) is 9.10. The Morgan fingerprint density at radius 3 is 2.55 bits per heavy atom. The number of rotatable bonds is 2. The number of benzene rings is 1. The fourth-order valence-electron chi connectivity index (χ4n) is 4.04. The summed E-state index contributed by atoms with van der Waals surface area (Å²) in [7, 11) is 0. The third-order valence-electron chi connectivity index (χ3n) is 5.35. The molecule has 2 aliphatic rings. The summed E-state index contributed by atoms with van der Waals surface area (Å²) in [5.74, 6) is 0.416. The molecule has 1 saturated heterocycles. The molecule has 2 aromatic rings. The van der Waals surface area contributed by atoms with Gasteiger partial charge in [0, 0.05) is 30.3 Å². The monoisotopic (exact) mass is 450 g/mol. The maximum atomic E-state index is 12.9. The number of halogens is 5. The molecule has 0 amide bonds. The third kappa shape index (κ3) is 4.54. The van der Waals surface area contributed by atoms with Gasteiger partial charge in [0.25, 0.3) is 0 Å². The van der Waals surface area contributed by atoms with E-state index >= 15 is 0 Å². The Morgan fingerprint density at radius 2 is 1.93 bits per heavy atom. The van der Waals surface area contributed by atoms with Gasteiger partial charge in [0.05, 0.1) is 11.3 Å². The Hall–Kier alpha value is -1.77. The highest BCUT2D eigenvalue weighted by Crippen LogP contribution is 2.39. The molecule has 0 unspecified atom stereocenters. The number of anilines is 1. The summed E-state index contributed by atoms with van der Waals surface area (Å²) in [5.41, 5.74) is 1.18. The molecule has 2 N–H and O–H groups in total. The molecule has 0 radical (unpaired) electrons. The third-order valence-corrected chi connectivity index (χ3v) is 5.35. The summed E-state index contributed by atoms with van der Waals surface area (Å²) in [6, 6.07) is 4.01. The molecule has 0 saturated carbocycles. The van der Waals surface area contributed by atoms with Crippen molar-refractivity contribution >= 4 is 30.6 Å². The number of nitrogens with one attached hydrogen (secondary N) is 1. The quantitative estimate of drug-likeness (QED) is 0.719. The molecular weight excluding hydrogens is 428 g/mol. The Morgan fingerprint density at radius 1 is 1.17 bits per heavy atom. The largest absolute Gasteiger partial charge is 0.507 e. The van der Waals surface area contributed by atoms with Crippen LogP contribution >= 0.6 is 24.8 Å². The van der Waals surface area contributed by atoms with Gasteiger partial charge < -0.3 is 15.3 Å². The first kappa shape index (κ1) is 23.5. The molecule has 29 heavy (non-hydrogen) atoms. The number of aromatic hydroxyl groups is 1. The van der Waals surface area contributed by atoms with Crippen LogP contribution in [0.15, 0.2) is 18.2 Å². The molecule has 1 atom stereocenters. The summed E-state index contributed by atoms with van der Waals surface area (Å²) in [6.45, 7) is 4.35. The number of aryl methyl sites for hydroxylation is 1. The van der Waals surface area contributed by atoms with Crippen molar-refractivity contribution in [3.05, 3.63) is 34.9 Å². The van der Waals surface area contributed by atoms with E-state index in [4.69, 9.17) is 0 Å². The topological polar surface area (TPSA) is 61.3 Å². The molecule has 5 nitrogen and oxygen atoms in total. The van der Waals surface area contributed by atoms with Crippen LogP contribution in [0.25, 0.3) is 11.3 Å². The maximum absolute atomic E-state index is 12.9. The number of phenols is 1. The average Bonchev–Trinajstić information content (AvgIpc) is 3.04. The molecule has 3 heterocycles. The minimum absolute atomic E-state index is 0. The summed E-state index contributed by atoms with van der Waals surface area (Å²) in [4.78, 5) is 2.26. The van der Waals surface area contributed by atoms with Crippen molar-refractivity contribution in [3.63, 3.8) is 0 Å². The van der Waals surface area contributed by atoms with Gasteiger partial charge in [-0.15, -0.1) is 35.0 Å². The number of hydrogen-bond acceptors (Lipinski definition) is 5. The molecule has 1 fully saturated rings. The van der Waals surface area contributed by atoms with Crippen LogP contribution < -0.4 is 10.2 Å². The van der Waals surface area contributed by atoms with E-state index in [1.807, 2.05) is 6.07 Å². The highest BCUT2D eigenvalue weighted by molar-refractivity contribution is 5.85. The zero-order valence-electron chi connectivity index (χ0n) is 15.8. The molecule has 0 aliphatic carbocycles. The summed E-state index contributed by atoms with van der Waals surface area (Å²) in [6.07, 6.45) is -1.46. The van der Waals surface area contributed by atoms with E-state index in [9.17, 15) is 18.3 Å².